The zero-order valence-corrected chi connectivity index (χ0v) is 23.5. The highest BCUT2D eigenvalue weighted by molar-refractivity contribution is 6.00. The fraction of sp³-hybridized carbons (Fsp3) is 0.429. The highest BCUT2D eigenvalue weighted by Gasteiger charge is 2.39. The number of hydrogen-bond donors (Lipinski definition) is 7. The number of para-hydroxylation sites is 1. The number of phenols is 1. The molecule has 1 saturated heterocycles. The lowest BCUT2D eigenvalue weighted by atomic mass is 9.90. The molecular weight excluding hydrogens is 599 g/mol. The van der Waals surface area contributed by atoms with Crippen molar-refractivity contribution in [3.05, 3.63) is 64.5 Å². The van der Waals surface area contributed by atoms with Crippen molar-refractivity contribution in [2.24, 2.45) is 5.92 Å². The topological polar surface area (TPSA) is 177 Å². The Kier molecular flexibility index (Phi) is 11.2. The Balaban J connectivity index is 2.08. The van der Waals surface area contributed by atoms with Crippen molar-refractivity contribution in [3.8, 4) is 5.75 Å². The number of halogens is 5. The summed E-state index contributed by atoms with van der Waals surface area (Å²) in [7, 11) is 0. The van der Waals surface area contributed by atoms with E-state index < -0.39 is 107 Å². The lowest BCUT2D eigenvalue weighted by Gasteiger charge is -2.34. The Bertz CT molecular complexity index is 1400. The largest absolute Gasteiger partial charge is 0.507 e. The van der Waals surface area contributed by atoms with E-state index in [1.165, 1.54) is 31.2 Å². The summed E-state index contributed by atoms with van der Waals surface area (Å²) in [4.78, 5) is 52.6. The lowest BCUT2D eigenvalue weighted by molar-refractivity contribution is -0.136. The predicted molar refractivity (Wildman–Crippen MR) is 142 cm³/mol. The van der Waals surface area contributed by atoms with Crippen molar-refractivity contribution in [3.63, 3.8) is 0 Å². The number of benzene rings is 2. The van der Waals surface area contributed by atoms with Crippen LogP contribution in [0, 0.1) is 35.0 Å². The standard InChI is InChI=1S/C28H31F5N4O7/c1-11-24(40)16(10-14-18(29)20(31)22(33)21(32)19(14)30)36-28(44)23(37-26(42)13-6-3-4-8-17(13)39)12(2)34-27(43)15(7-5-9-38)35-25(11)41/h3-4,6,8,11-12,15-16,23-24,38-40H,5,7,9-10H2,1-2H3,(H,34,43)(H,35,41)(H,36,44)(H,37,42). The van der Waals surface area contributed by atoms with Crippen molar-refractivity contribution >= 4 is 23.6 Å². The molecule has 0 saturated carbocycles. The summed E-state index contributed by atoms with van der Waals surface area (Å²) in [6, 6.07) is -0.933. The van der Waals surface area contributed by atoms with Crippen molar-refractivity contribution < 1.29 is 56.4 Å². The van der Waals surface area contributed by atoms with Gasteiger partial charge in [0, 0.05) is 18.6 Å². The molecule has 4 amide bonds. The van der Waals surface area contributed by atoms with Crippen LogP contribution in [0.1, 0.15) is 42.6 Å². The Morgan fingerprint density at radius 1 is 0.864 bits per heavy atom. The predicted octanol–water partition coefficient (Wildman–Crippen LogP) is 0.686. The van der Waals surface area contributed by atoms with Gasteiger partial charge < -0.3 is 36.6 Å². The maximum atomic E-state index is 14.6. The van der Waals surface area contributed by atoms with Crippen LogP contribution >= 0.6 is 0 Å². The Labute approximate surface area is 247 Å². The summed E-state index contributed by atoms with van der Waals surface area (Å²) in [6.07, 6.45) is -3.27. The quantitative estimate of drug-likeness (QED) is 0.134. The molecule has 1 aliphatic rings. The molecule has 6 unspecified atom stereocenters. The molecule has 3 rings (SSSR count). The molecule has 16 heteroatoms. The van der Waals surface area contributed by atoms with E-state index in [1.54, 1.807) is 0 Å². The third-order valence-electron chi connectivity index (χ3n) is 7.26. The minimum Gasteiger partial charge on any atom is -0.507 e. The zero-order valence-electron chi connectivity index (χ0n) is 23.5. The van der Waals surface area contributed by atoms with Crippen LogP contribution in [0.3, 0.4) is 0 Å². The molecule has 0 spiro atoms. The van der Waals surface area contributed by atoms with E-state index in [0.29, 0.717) is 0 Å². The first-order valence-corrected chi connectivity index (χ1v) is 13.5. The SMILES string of the molecule is CC1NC(=O)C(CCCO)NC(=O)C(C)C(O)C(Cc2c(F)c(F)c(F)c(F)c2F)NC(=O)C1NC(=O)c1ccccc1O. The van der Waals surface area contributed by atoms with Gasteiger partial charge in [0.15, 0.2) is 23.3 Å². The highest BCUT2D eigenvalue weighted by Crippen LogP contribution is 2.26. The second-order valence-corrected chi connectivity index (χ2v) is 10.3. The third kappa shape index (κ3) is 7.42. The number of rotatable bonds is 7. The first kappa shape index (κ1) is 34.2. The number of aromatic hydroxyl groups is 1. The van der Waals surface area contributed by atoms with Gasteiger partial charge in [-0.15, -0.1) is 0 Å². The van der Waals surface area contributed by atoms with Crippen LogP contribution in [0.4, 0.5) is 22.0 Å². The fourth-order valence-electron chi connectivity index (χ4n) is 4.66. The van der Waals surface area contributed by atoms with E-state index in [-0.39, 0.29) is 25.0 Å². The van der Waals surface area contributed by atoms with Gasteiger partial charge >= 0.3 is 0 Å². The minimum atomic E-state index is -2.43. The molecule has 2 aromatic carbocycles. The van der Waals surface area contributed by atoms with Crippen molar-refractivity contribution in [2.45, 2.75) is 63.4 Å². The van der Waals surface area contributed by atoms with Gasteiger partial charge in [-0.05, 0) is 31.9 Å². The summed E-state index contributed by atoms with van der Waals surface area (Å²) in [5.41, 5.74) is -1.66. The maximum Gasteiger partial charge on any atom is 0.255 e. The second kappa shape index (κ2) is 14.4. The summed E-state index contributed by atoms with van der Waals surface area (Å²) in [5.74, 6) is -17.4. The number of aliphatic hydroxyl groups excluding tert-OH is 2. The molecule has 240 valence electrons. The van der Waals surface area contributed by atoms with E-state index in [9.17, 15) is 56.4 Å². The third-order valence-corrected chi connectivity index (χ3v) is 7.26. The fourth-order valence-corrected chi connectivity index (χ4v) is 4.66. The van der Waals surface area contributed by atoms with E-state index in [1.807, 2.05) is 0 Å². The summed E-state index contributed by atoms with van der Waals surface area (Å²) >= 11 is 0. The molecule has 0 bridgehead atoms. The smallest absolute Gasteiger partial charge is 0.255 e. The lowest BCUT2D eigenvalue weighted by Crippen LogP contribution is -2.63. The van der Waals surface area contributed by atoms with Gasteiger partial charge in [0.2, 0.25) is 23.5 Å². The van der Waals surface area contributed by atoms with Crippen LogP contribution in [0.25, 0.3) is 0 Å². The normalized spacial score (nSPS) is 24.8. The van der Waals surface area contributed by atoms with Gasteiger partial charge in [0.05, 0.1) is 29.7 Å². The van der Waals surface area contributed by atoms with Crippen LogP contribution in [0.5, 0.6) is 5.75 Å². The van der Waals surface area contributed by atoms with Gasteiger partial charge in [0.25, 0.3) is 5.91 Å². The molecule has 7 N–H and O–H groups in total. The summed E-state index contributed by atoms with van der Waals surface area (Å²) in [6.45, 7) is 2.05. The summed E-state index contributed by atoms with van der Waals surface area (Å²) in [5, 5.41) is 39.8. The molecule has 0 radical (unpaired) electrons. The van der Waals surface area contributed by atoms with Gasteiger partial charge in [-0.3, -0.25) is 19.2 Å². The molecule has 44 heavy (non-hydrogen) atoms. The second-order valence-electron chi connectivity index (χ2n) is 10.3. The first-order valence-electron chi connectivity index (χ1n) is 13.5. The van der Waals surface area contributed by atoms with Crippen LogP contribution in [-0.4, -0.2) is 75.8 Å². The van der Waals surface area contributed by atoms with Crippen molar-refractivity contribution in [2.75, 3.05) is 6.61 Å². The molecule has 1 aliphatic heterocycles. The minimum absolute atomic E-state index is 0.0422. The monoisotopic (exact) mass is 630 g/mol. The number of amides is 4. The van der Waals surface area contributed by atoms with E-state index in [4.69, 9.17) is 0 Å². The molecule has 11 nitrogen and oxygen atoms in total. The summed E-state index contributed by atoms with van der Waals surface area (Å²) < 4.78 is 70.8. The van der Waals surface area contributed by atoms with Gasteiger partial charge in [-0.2, -0.15) is 0 Å². The molecule has 1 heterocycles. The first-order chi connectivity index (χ1) is 20.7. The molecule has 6 atom stereocenters. The number of phenolic OH excluding ortho intramolecular Hbond substituents is 1. The van der Waals surface area contributed by atoms with Crippen LogP contribution in [0.15, 0.2) is 24.3 Å². The average molecular weight is 631 g/mol. The number of nitrogens with one attached hydrogen (secondary N) is 4. The molecule has 0 aromatic heterocycles. The van der Waals surface area contributed by atoms with E-state index in [2.05, 4.69) is 21.3 Å². The number of hydrogen-bond acceptors (Lipinski definition) is 7. The molecule has 1 fully saturated rings. The van der Waals surface area contributed by atoms with E-state index in [0.717, 1.165) is 6.92 Å². The van der Waals surface area contributed by atoms with Gasteiger partial charge in [-0.25, -0.2) is 22.0 Å². The number of carbonyl (C=O) groups is 4. The number of carbonyl (C=O) groups excluding carboxylic acids is 4. The van der Waals surface area contributed by atoms with Crippen LogP contribution < -0.4 is 21.3 Å². The average Bonchev–Trinajstić information content (AvgIpc) is 2.99. The zero-order chi connectivity index (χ0) is 32.9. The van der Waals surface area contributed by atoms with Gasteiger partial charge in [-0.1, -0.05) is 19.1 Å². The van der Waals surface area contributed by atoms with Crippen molar-refractivity contribution in [1.29, 1.82) is 0 Å². The number of aliphatic hydroxyl groups is 2. The Hall–Kier alpha value is -4.31. The highest BCUT2D eigenvalue weighted by atomic mass is 19.2. The molecule has 0 aliphatic carbocycles. The van der Waals surface area contributed by atoms with Crippen molar-refractivity contribution in [1.82, 2.24) is 21.3 Å². The van der Waals surface area contributed by atoms with Crippen LogP contribution in [-0.2, 0) is 20.8 Å². The Morgan fingerprint density at radius 2 is 1.45 bits per heavy atom. The molecule has 2 aromatic rings. The Morgan fingerprint density at radius 3 is 2.05 bits per heavy atom. The maximum absolute atomic E-state index is 14.6. The van der Waals surface area contributed by atoms with E-state index >= 15 is 0 Å². The van der Waals surface area contributed by atoms with Crippen LogP contribution in [0.2, 0.25) is 0 Å². The molecular formula is C28H31F5N4O7. The van der Waals surface area contributed by atoms with Gasteiger partial charge in [0.1, 0.15) is 17.8 Å².